The number of nitrogens with zero attached hydrogens (tertiary/aromatic N) is 1. The van der Waals surface area contributed by atoms with Crippen LogP contribution in [-0.4, -0.2) is 36.2 Å². The molecule has 4 nitrogen and oxygen atoms in total. The highest BCUT2D eigenvalue weighted by molar-refractivity contribution is 14.1. The number of primary amides is 1. The quantitative estimate of drug-likeness (QED) is 0.586. The first-order valence-corrected chi connectivity index (χ1v) is 7.25. The minimum atomic E-state index is -0.406. The van der Waals surface area contributed by atoms with Crippen LogP contribution in [0.2, 0.25) is 0 Å². The molecule has 0 aliphatic carbocycles. The van der Waals surface area contributed by atoms with E-state index in [0.29, 0.717) is 18.0 Å². The zero-order valence-corrected chi connectivity index (χ0v) is 13.4. The van der Waals surface area contributed by atoms with Crippen molar-refractivity contribution < 1.29 is 9.59 Å². The third kappa shape index (κ3) is 6.15. The maximum absolute atomic E-state index is 12.1. The van der Waals surface area contributed by atoms with Gasteiger partial charge in [-0.25, -0.2) is 0 Å². The van der Waals surface area contributed by atoms with Gasteiger partial charge in [0.15, 0.2) is 5.78 Å². The van der Waals surface area contributed by atoms with E-state index in [2.05, 4.69) is 22.6 Å². The van der Waals surface area contributed by atoms with E-state index in [1.807, 2.05) is 38.1 Å². The number of rotatable bonds is 7. The fourth-order valence-electron chi connectivity index (χ4n) is 1.85. The lowest BCUT2D eigenvalue weighted by molar-refractivity contribution is -0.119. The second-order valence-corrected chi connectivity index (χ2v) is 6.21. The molecular formula is C14H19IN2O2. The van der Waals surface area contributed by atoms with Gasteiger partial charge in [-0.1, -0.05) is 26.0 Å². The summed E-state index contributed by atoms with van der Waals surface area (Å²) in [6.45, 7) is 5.11. The number of carbonyl (C=O) groups is 2. The molecule has 1 rings (SSSR count). The van der Waals surface area contributed by atoms with E-state index in [0.717, 1.165) is 3.57 Å². The molecule has 0 unspecified atom stereocenters. The van der Waals surface area contributed by atoms with Crippen molar-refractivity contribution in [1.29, 1.82) is 0 Å². The van der Waals surface area contributed by atoms with Crippen LogP contribution in [0.25, 0.3) is 0 Å². The van der Waals surface area contributed by atoms with Crippen LogP contribution in [0, 0.1) is 9.49 Å². The molecule has 0 heterocycles. The molecule has 0 spiro atoms. The van der Waals surface area contributed by atoms with Crippen LogP contribution in [0.3, 0.4) is 0 Å². The summed E-state index contributed by atoms with van der Waals surface area (Å²) in [7, 11) is 0. The van der Waals surface area contributed by atoms with Gasteiger partial charge >= 0.3 is 0 Å². The summed E-state index contributed by atoms with van der Waals surface area (Å²) in [4.78, 5) is 25.0. The molecule has 19 heavy (non-hydrogen) atoms. The summed E-state index contributed by atoms with van der Waals surface area (Å²) in [6.07, 6.45) is 0. The number of benzene rings is 1. The van der Waals surface area contributed by atoms with Gasteiger partial charge in [-0.3, -0.25) is 14.5 Å². The monoisotopic (exact) mass is 374 g/mol. The first kappa shape index (κ1) is 16.1. The van der Waals surface area contributed by atoms with E-state index in [1.165, 1.54) is 0 Å². The molecule has 0 aliphatic heterocycles. The Bertz CT molecular complexity index is 443. The van der Waals surface area contributed by atoms with Gasteiger partial charge in [0.2, 0.25) is 5.91 Å². The number of hydrogen-bond donors (Lipinski definition) is 1. The van der Waals surface area contributed by atoms with Crippen LogP contribution in [0.5, 0.6) is 0 Å². The summed E-state index contributed by atoms with van der Waals surface area (Å²) in [5, 5.41) is 0. The summed E-state index contributed by atoms with van der Waals surface area (Å²) >= 11 is 2.19. The Morgan fingerprint density at radius 3 is 2.26 bits per heavy atom. The SMILES string of the molecule is CC(C)CN(CC(N)=O)CC(=O)c1ccc(I)cc1. The molecule has 0 atom stereocenters. The lowest BCUT2D eigenvalue weighted by Gasteiger charge is -2.21. The predicted octanol–water partition coefficient (Wildman–Crippen LogP) is 1.92. The van der Waals surface area contributed by atoms with Gasteiger partial charge < -0.3 is 5.73 Å². The number of halogens is 1. The molecule has 0 aliphatic rings. The van der Waals surface area contributed by atoms with Crippen molar-refractivity contribution in [2.45, 2.75) is 13.8 Å². The van der Waals surface area contributed by atoms with Gasteiger partial charge in [0.05, 0.1) is 13.1 Å². The number of Topliss-reactive ketones (excluding diaryl/α,β-unsaturated/α-hetero) is 1. The molecular weight excluding hydrogens is 355 g/mol. The van der Waals surface area contributed by atoms with Crippen molar-refractivity contribution in [3.05, 3.63) is 33.4 Å². The predicted molar refractivity (Wildman–Crippen MR) is 84.0 cm³/mol. The average molecular weight is 374 g/mol. The third-order valence-electron chi connectivity index (χ3n) is 2.54. The second-order valence-electron chi connectivity index (χ2n) is 4.96. The number of nitrogens with two attached hydrogens (primary N) is 1. The second kappa shape index (κ2) is 7.59. The Morgan fingerprint density at radius 1 is 1.21 bits per heavy atom. The van der Waals surface area contributed by atoms with Crippen molar-refractivity contribution in [3.63, 3.8) is 0 Å². The molecule has 0 saturated heterocycles. The maximum atomic E-state index is 12.1. The molecule has 1 aromatic rings. The first-order chi connectivity index (χ1) is 8.88. The molecule has 2 N–H and O–H groups in total. The van der Waals surface area contributed by atoms with Crippen molar-refractivity contribution in [2.75, 3.05) is 19.6 Å². The van der Waals surface area contributed by atoms with Gasteiger partial charge in [-0.05, 0) is 40.6 Å². The van der Waals surface area contributed by atoms with Gasteiger partial charge in [-0.2, -0.15) is 0 Å². The number of hydrogen-bond acceptors (Lipinski definition) is 3. The highest BCUT2D eigenvalue weighted by atomic mass is 127. The summed E-state index contributed by atoms with van der Waals surface area (Å²) in [5.41, 5.74) is 5.88. The van der Waals surface area contributed by atoms with Gasteiger partial charge in [0, 0.05) is 15.7 Å². The first-order valence-electron chi connectivity index (χ1n) is 6.18. The van der Waals surface area contributed by atoms with Crippen LogP contribution in [0.1, 0.15) is 24.2 Å². The van der Waals surface area contributed by atoms with Crippen LogP contribution in [0.4, 0.5) is 0 Å². The van der Waals surface area contributed by atoms with Crippen molar-refractivity contribution in [1.82, 2.24) is 4.90 Å². The summed E-state index contributed by atoms with van der Waals surface area (Å²) < 4.78 is 1.09. The van der Waals surface area contributed by atoms with E-state index in [1.54, 1.807) is 4.90 Å². The largest absolute Gasteiger partial charge is 0.369 e. The standard InChI is InChI=1S/C14H19IN2O2/c1-10(2)7-17(9-14(16)19)8-13(18)11-3-5-12(15)6-4-11/h3-6,10H,7-9H2,1-2H3,(H2,16,19). The van der Waals surface area contributed by atoms with E-state index in [9.17, 15) is 9.59 Å². The number of amides is 1. The molecule has 1 aromatic carbocycles. The van der Waals surface area contributed by atoms with E-state index in [4.69, 9.17) is 5.73 Å². The normalized spacial score (nSPS) is 11.0. The van der Waals surface area contributed by atoms with Gasteiger partial charge in [0.25, 0.3) is 0 Å². The molecule has 0 aromatic heterocycles. The fraction of sp³-hybridized carbons (Fsp3) is 0.429. The number of carbonyl (C=O) groups excluding carboxylic acids is 2. The average Bonchev–Trinajstić information content (AvgIpc) is 2.27. The smallest absolute Gasteiger partial charge is 0.231 e. The van der Waals surface area contributed by atoms with Crippen LogP contribution >= 0.6 is 22.6 Å². The molecule has 0 bridgehead atoms. The van der Waals surface area contributed by atoms with E-state index in [-0.39, 0.29) is 18.9 Å². The molecule has 0 fully saturated rings. The Balaban J connectivity index is 2.69. The molecule has 104 valence electrons. The minimum Gasteiger partial charge on any atom is -0.369 e. The topological polar surface area (TPSA) is 63.4 Å². The maximum Gasteiger partial charge on any atom is 0.231 e. The van der Waals surface area contributed by atoms with Gasteiger partial charge in [0.1, 0.15) is 0 Å². The van der Waals surface area contributed by atoms with Crippen LogP contribution in [0.15, 0.2) is 24.3 Å². The summed E-state index contributed by atoms with van der Waals surface area (Å²) in [6, 6.07) is 7.41. The zero-order chi connectivity index (χ0) is 14.4. The van der Waals surface area contributed by atoms with E-state index < -0.39 is 5.91 Å². The van der Waals surface area contributed by atoms with Crippen LogP contribution < -0.4 is 5.73 Å². The number of ketones is 1. The molecule has 0 radical (unpaired) electrons. The lowest BCUT2D eigenvalue weighted by Crippen LogP contribution is -2.39. The fourth-order valence-corrected chi connectivity index (χ4v) is 2.21. The Hall–Kier alpha value is -0.950. The van der Waals surface area contributed by atoms with Crippen molar-refractivity contribution >= 4 is 34.3 Å². The van der Waals surface area contributed by atoms with Crippen molar-refractivity contribution in [3.8, 4) is 0 Å². The molecule has 5 heteroatoms. The van der Waals surface area contributed by atoms with Crippen LogP contribution in [-0.2, 0) is 4.79 Å². The van der Waals surface area contributed by atoms with E-state index >= 15 is 0 Å². The Labute approximate surface area is 127 Å². The zero-order valence-electron chi connectivity index (χ0n) is 11.2. The third-order valence-corrected chi connectivity index (χ3v) is 3.26. The highest BCUT2D eigenvalue weighted by Gasteiger charge is 2.15. The minimum absolute atomic E-state index is 0.0123. The van der Waals surface area contributed by atoms with Crippen molar-refractivity contribution in [2.24, 2.45) is 11.7 Å². The Morgan fingerprint density at radius 2 is 1.79 bits per heavy atom. The highest BCUT2D eigenvalue weighted by Crippen LogP contribution is 2.09. The molecule has 1 amide bonds. The lowest BCUT2D eigenvalue weighted by atomic mass is 10.1. The summed E-state index contributed by atoms with van der Waals surface area (Å²) in [5.74, 6) is -0.0155. The Kier molecular flexibility index (Phi) is 6.44. The molecule has 0 saturated carbocycles. The van der Waals surface area contributed by atoms with Gasteiger partial charge in [-0.15, -0.1) is 0 Å².